The molecule has 16 heavy (non-hydrogen) atoms. The Hall–Kier alpha value is 0.180. The molecule has 0 aromatic rings. The zero-order chi connectivity index (χ0) is 12.0. The van der Waals surface area contributed by atoms with Gasteiger partial charge in [-0.05, 0) is 6.92 Å². The van der Waals surface area contributed by atoms with Crippen LogP contribution in [-0.2, 0) is 10.0 Å². The van der Waals surface area contributed by atoms with Crippen molar-refractivity contribution in [1.29, 1.82) is 0 Å². The topological polar surface area (TPSA) is 75.4 Å². The third-order valence-electron chi connectivity index (χ3n) is 2.70. The van der Waals surface area contributed by atoms with E-state index in [1.165, 1.54) is 0 Å². The molecule has 0 radical (unpaired) electrons. The standard InChI is InChI=1S/C9H21N3O2S2/c1-9(8-10)16(13,14)11-2-3-12-4-6-15-7-5-12/h9,11H,2-8,10H2,1H3. The molecule has 0 aliphatic carbocycles. The van der Waals surface area contributed by atoms with Crippen LogP contribution in [0.4, 0.5) is 0 Å². The van der Waals surface area contributed by atoms with Crippen molar-refractivity contribution in [2.24, 2.45) is 5.73 Å². The van der Waals surface area contributed by atoms with Crippen molar-refractivity contribution in [3.05, 3.63) is 0 Å². The summed E-state index contributed by atoms with van der Waals surface area (Å²) in [6.45, 7) is 5.17. The van der Waals surface area contributed by atoms with Gasteiger partial charge in [0, 0.05) is 44.2 Å². The van der Waals surface area contributed by atoms with Crippen molar-refractivity contribution in [2.45, 2.75) is 12.2 Å². The fourth-order valence-electron chi connectivity index (χ4n) is 1.44. The van der Waals surface area contributed by atoms with Crippen LogP contribution in [0, 0.1) is 0 Å². The third-order valence-corrected chi connectivity index (χ3v) is 5.50. The fraction of sp³-hybridized carbons (Fsp3) is 1.00. The first kappa shape index (κ1) is 14.2. The zero-order valence-corrected chi connectivity index (χ0v) is 11.3. The first-order valence-electron chi connectivity index (χ1n) is 5.55. The molecule has 1 unspecified atom stereocenters. The molecule has 96 valence electrons. The first-order chi connectivity index (χ1) is 7.56. The normalized spacial score (nSPS) is 20.9. The number of hydrogen-bond acceptors (Lipinski definition) is 5. The predicted octanol–water partition coefficient (Wildman–Crippen LogP) is -0.698. The van der Waals surface area contributed by atoms with Crippen LogP contribution in [0.25, 0.3) is 0 Å². The summed E-state index contributed by atoms with van der Waals surface area (Å²) in [5.41, 5.74) is 5.34. The lowest BCUT2D eigenvalue weighted by molar-refractivity contribution is 0.307. The molecule has 0 aromatic carbocycles. The molecule has 1 fully saturated rings. The van der Waals surface area contributed by atoms with Gasteiger partial charge in [-0.1, -0.05) is 0 Å². The molecule has 1 saturated heterocycles. The highest BCUT2D eigenvalue weighted by atomic mass is 32.2. The summed E-state index contributed by atoms with van der Waals surface area (Å²) in [6.07, 6.45) is 0. The molecule has 0 amide bonds. The molecule has 7 heteroatoms. The van der Waals surface area contributed by atoms with Gasteiger partial charge in [0.2, 0.25) is 10.0 Å². The second-order valence-corrected chi connectivity index (χ2v) is 7.35. The minimum Gasteiger partial charge on any atom is -0.329 e. The molecule has 1 aliphatic heterocycles. The van der Waals surface area contributed by atoms with Gasteiger partial charge in [0.05, 0.1) is 5.25 Å². The van der Waals surface area contributed by atoms with E-state index in [2.05, 4.69) is 9.62 Å². The Kier molecular flexibility index (Phi) is 6.06. The summed E-state index contributed by atoms with van der Waals surface area (Å²) < 4.78 is 25.8. The Morgan fingerprint density at radius 2 is 2.06 bits per heavy atom. The lowest BCUT2D eigenvalue weighted by Gasteiger charge is -2.26. The number of sulfonamides is 1. The van der Waals surface area contributed by atoms with Crippen molar-refractivity contribution in [1.82, 2.24) is 9.62 Å². The van der Waals surface area contributed by atoms with Crippen LogP contribution < -0.4 is 10.5 Å². The van der Waals surface area contributed by atoms with E-state index in [-0.39, 0.29) is 6.54 Å². The van der Waals surface area contributed by atoms with E-state index < -0.39 is 15.3 Å². The molecule has 1 aliphatic rings. The summed E-state index contributed by atoms with van der Waals surface area (Å²) in [6, 6.07) is 0. The fourth-order valence-corrected chi connectivity index (χ4v) is 3.33. The maximum atomic E-state index is 11.6. The summed E-state index contributed by atoms with van der Waals surface area (Å²) >= 11 is 1.95. The van der Waals surface area contributed by atoms with Crippen LogP contribution >= 0.6 is 11.8 Å². The van der Waals surface area contributed by atoms with E-state index >= 15 is 0 Å². The number of nitrogens with zero attached hydrogens (tertiary/aromatic N) is 1. The third kappa shape index (κ3) is 4.58. The van der Waals surface area contributed by atoms with E-state index in [1.54, 1.807) is 6.92 Å². The number of thioether (sulfide) groups is 1. The van der Waals surface area contributed by atoms with Crippen LogP contribution in [0.2, 0.25) is 0 Å². The molecule has 0 spiro atoms. The number of rotatable bonds is 6. The predicted molar refractivity (Wildman–Crippen MR) is 69.2 cm³/mol. The summed E-state index contributed by atoms with van der Waals surface area (Å²) in [5, 5.41) is -0.510. The molecule has 0 bridgehead atoms. The molecule has 1 atom stereocenters. The molecule has 0 saturated carbocycles. The van der Waals surface area contributed by atoms with Gasteiger partial charge in [0.1, 0.15) is 0 Å². The molecular weight excluding hydrogens is 246 g/mol. The van der Waals surface area contributed by atoms with E-state index in [1.807, 2.05) is 11.8 Å². The van der Waals surface area contributed by atoms with Crippen molar-refractivity contribution >= 4 is 21.8 Å². The molecule has 3 N–H and O–H groups in total. The molecule has 5 nitrogen and oxygen atoms in total. The molecule has 1 heterocycles. The highest BCUT2D eigenvalue weighted by molar-refractivity contribution is 7.99. The maximum absolute atomic E-state index is 11.6. The highest BCUT2D eigenvalue weighted by Gasteiger charge is 2.18. The van der Waals surface area contributed by atoms with Gasteiger partial charge >= 0.3 is 0 Å². The van der Waals surface area contributed by atoms with Crippen LogP contribution in [0.1, 0.15) is 6.92 Å². The number of hydrogen-bond donors (Lipinski definition) is 2. The molecule has 0 aromatic heterocycles. The quantitative estimate of drug-likeness (QED) is 0.666. The van der Waals surface area contributed by atoms with Crippen LogP contribution in [0.3, 0.4) is 0 Å². The zero-order valence-electron chi connectivity index (χ0n) is 9.68. The van der Waals surface area contributed by atoms with Gasteiger partial charge in [-0.15, -0.1) is 0 Å². The van der Waals surface area contributed by atoms with Crippen LogP contribution in [-0.4, -0.2) is 62.8 Å². The minimum absolute atomic E-state index is 0.162. The monoisotopic (exact) mass is 267 g/mol. The van der Waals surface area contributed by atoms with Crippen molar-refractivity contribution in [2.75, 3.05) is 44.2 Å². The smallest absolute Gasteiger partial charge is 0.215 e. The Labute approximate surface area is 102 Å². The Balaban J connectivity index is 2.23. The van der Waals surface area contributed by atoms with Gasteiger partial charge in [-0.25, -0.2) is 13.1 Å². The van der Waals surface area contributed by atoms with E-state index in [0.29, 0.717) is 6.54 Å². The van der Waals surface area contributed by atoms with Crippen molar-refractivity contribution in [3.63, 3.8) is 0 Å². The first-order valence-corrected chi connectivity index (χ1v) is 8.25. The largest absolute Gasteiger partial charge is 0.329 e. The number of nitrogens with one attached hydrogen (secondary N) is 1. The van der Waals surface area contributed by atoms with Gasteiger partial charge in [-0.2, -0.15) is 11.8 Å². The second kappa shape index (κ2) is 6.80. The summed E-state index contributed by atoms with van der Waals surface area (Å²) in [5.74, 6) is 2.29. The second-order valence-electron chi connectivity index (χ2n) is 3.94. The van der Waals surface area contributed by atoms with E-state index in [4.69, 9.17) is 5.73 Å². The van der Waals surface area contributed by atoms with E-state index in [0.717, 1.165) is 31.1 Å². The van der Waals surface area contributed by atoms with Gasteiger partial charge in [0.25, 0.3) is 0 Å². The summed E-state index contributed by atoms with van der Waals surface area (Å²) in [4.78, 5) is 2.28. The Morgan fingerprint density at radius 3 is 2.62 bits per heavy atom. The summed E-state index contributed by atoms with van der Waals surface area (Å²) in [7, 11) is -3.22. The molecule has 1 rings (SSSR count). The van der Waals surface area contributed by atoms with Gasteiger partial charge in [-0.3, -0.25) is 0 Å². The highest BCUT2D eigenvalue weighted by Crippen LogP contribution is 2.08. The maximum Gasteiger partial charge on any atom is 0.215 e. The lowest BCUT2D eigenvalue weighted by atomic mass is 10.5. The van der Waals surface area contributed by atoms with Gasteiger partial charge < -0.3 is 10.6 Å². The van der Waals surface area contributed by atoms with Crippen LogP contribution in [0.5, 0.6) is 0 Å². The average Bonchev–Trinajstić information content (AvgIpc) is 2.29. The Bertz CT molecular complexity index is 289. The number of nitrogens with two attached hydrogens (primary N) is 1. The van der Waals surface area contributed by atoms with Crippen LogP contribution in [0.15, 0.2) is 0 Å². The minimum atomic E-state index is -3.22. The SMILES string of the molecule is CC(CN)S(=O)(=O)NCCN1CCSCC1. The average molecular weight is 267 g/mol. The van der Waals surface area contributed by atoms with Crippen molar-refractivity contribution < 1.29 is 8.42 Å². The van der Waals surface area contributed by atoms with Gasteiger partial charge in [0.15, 0.2) is 0 Å². The van der Waals surface area contributed by atoms with E-state index in [9.17, 15) is 8.42 Å². The van der Waals surface area contributed by atoms with Crippen molar-refractivity contribution in [3.8, 4) is 0 Å². The lowest BCUT2D eigenvalue weighted by Crippen LogP contribution is -2.42. The Morgan fingerprint density at radius 1 is 1.44 bits per heavy atom. The molecular formula is C9H21N3O2S2.